The molecule has 0 bridgehead atoms. The highest BCUT2D eigenvalue weighted by Crippen LogP contribution is 2.29. The van der Waals surface area contributed by atoms with E-state index in [1.807, 2.05) is 0 Å². The third kappa shape index (κ3) is 22.4. The second-order valence-corrected chi connectivity index (χ2v) is 10.2. The highest BCUT2D eigenvalue weighted by molar-refractivity contribution is 7.44. The summed E-state index contributed by atoms with van der Waals surface area (Å²) in [7, 11) is -0.434. The van der Waals surface area contributed by atoms with Crippen LogP contribution in [0.5, 0.6) is 0 Å². The predicted molar refractivity (Wildman–Crippen MR) is 117 cm³/mol. The molecule has 0 aromatic heterocycles. The molecule has 0 aromatic carbocycles. The van der Waals surface area contributed by atoms with Gasteiger partial charge in [-0.05, 0) is 12.8 Å². The lowest BCUT2D eigenvalue weighted by Gasteiger charge is -2.30. The van der Waals surface area contributed by atoms with E-state index in [2.05, 4.69) is 25.5 Å². The summed E-state index contributed by atoms with van der Waals surface area (Å²) in [6.45, 7) is 3.92. The molecule has 0 aliphatic carbocycles. The molecule has 0 rings (SSSR count). The molecule has 0 aromatic rings. The van der Waals surface area contributed by atoms with Crippen molar-refractivity contribution >= 4 is 7.82 Å². The molecule has 0 spiro atoms. The Labute approximate surface area is 175 Å². The lowest BCUT2D eigenvalue weighted by Crippen LogP contribution is -2.43. The van der Waals surface area contributed by atoms with Crippen LogP contribution in [0, 0.1) is 0 Å². The Balaban J connectivity index is 3.29. The maximum absolute atomic E-state index is 10.6. The highest BCUT2D eigenvalue weighted by Gasteiger charge is 2.15. The third-order valence-electron chi connectivity index (χ3n) is 5.57. The van der Waals surface area contributed by atoms with Crippen LogP contribution in [0.4, 0.5) is 0 Å². The second-order valence-electron chi connectivity index (χ2n) is 8.99. The van der Waals surface area contributed by atoms with Crippen molar-refractivity contribution in [3.05, 3.63) is 0 Å². The summed E-state index contributed by atoms with van der Waals surface area (Å²) >= 11 is 0. The van der Waals surface area contributed by atoms with Crippen molar-refractivity contribution in [3.8, 4) is 0 Å². The third-order valence-corrected chi connectivity index (χ3v) is 6.08. The molecule has 6 heteroatoms. The van der Waals surface area contributed by atoms with Crippen LogP contribution in [0.15, 0.2) is 0 Å². The summed E-state index contributed by atoms with van der Waals surface area (Å²) in [4.78, 5) is 19.2. The van der Waals surface area contributed by atoms with Gasteiger partial charge in [0.05, 0.1) is 20.6 Å². The van der Waals surface area contributed by atoms with Gasteiger partial charge in [-0.2, -0.15) is 0 Å². The molecule has 0 amide bonds. The Morgan fingerprint density at radius 2 is 1.07 bits per heavy atom. The van der Waals surface area contributed by atoms with Crippen LogP contribution in [0.25, 0.3) is 0 Å². The van der Waals surface area contributed by atoms with Gasteiger partial charge in [-0.15, -0.1) is 0 Å². The van der Waals surface area contributed by atoms with Crippen molar-refractivity contribution in [1.82, 2.24) is 0 Å². The van der Waals surface area contributed by atoms with Gasteiger partial charge in [-0.25, -0.2) is 0 Å². The Bertz CT molecular complexity index is 385. The molecule has 1 N–H and O–H groups in total. The Hall–Kier alpha value is 0.0700. The van der Waals surface area contributed by atoms with Crippen LogP contribution < -0.4 is 4.89 Å². The lowest BCUT2D eigenvalue weighted by atomic mass is 10.0. The number of rotatable bonds is 21. The average molecular weight is 422 g/mol. The van der Waals surface area contributed by atoms with Crippen molar-refractivity contribution < 1.29 is 23.4 Å². The van der Waals surface area contributed by atoms with E-state index < -0.39 is 7.82 Å². The number of unbranched alkanes of at least 4 members (excludes halogenated alkanes) is 15. The van der Waals surface area contributed by atoms with E-state index in [0.717, 1.165) is 17.4 Å². The predicted octanol–water partition coefficient (Wildman–Crippen LogP) is 5.80. The minimum absolute atomic E-state index is 0.0448. The first kappa shape index (κ1) is 28.1. The number of phosphoric ester groups is 1. The van der Waals surface area contributed by atoms with Crippen LogP contribution in [0.2, 0.25) is 0 Å². The molecule has 0 radical (unpaired) electrons. The van der Waals surface area contributed by atoms with Crippen molar-refractivity contribution in [3.63, 3.8) is 0 Å². The van der Waals surface area contributed by atoms with Gasteiger partial charge in [0.2, 0.25) is 0 Å². The molecular formula is C22H48NO4P. The molecule has 0 heterocycles. The van der Waals surface area contributed by atoms with Gasteiger partial charge in [-0.1, -0.05) is 96.8 Å². The number of hydrogen-bond acceptors (Lipinski definition) is 3. The zero-order valence-corrected chi connectivity index (χ0v) is 19.9. The molecule has 0 saturated heterocycles. The van der Waals surface area contributed by atoms with Crippen LogP contribution in [-0.4, -0.2) is 43.2 Å². The summed E-state index contributed by atoms with van der Waals surface area (Å²) in [6, 6.07) is 0. The average Bonchev–Trinajstić information content (AvgIpc) is 2.60. The minimum atomic E-state index is -4.58. The molecule has 0 aliphatic heterocycles. The summed E-state index contributed by atoms with van der Waals surface area (Å²) in [5, 5.41) is 0. The van der Waals surface area contributed by atoms with E-state index in [0.29, 0.717) is 6.54 Å². The summed E-state index contributed by atoms with van der Waals surface area (Å²) in [5.41, 5.74) is 0. The second kappa shape index (κ2) is 17.9. The standard InChI is InChI=1S/C22H48NO4P/c1-4-5-6-7-8-9-10-11-12-13-14-15-16-17-18-19-20-23(2,3)21-22-27-28(24,25)26/h4-22H2,1-3H3,(H-,24,25,26). The fourth-order valence-corrected chi connectivity index (χ4v) is 3.92. The minimum Gasteiger partial charge on any atom is -0.756 e. The van der Waals surface area contributed by atoms with Gasteiger partial charge in [0, 0.05) is 0 Å². The summed E-state index contributed by atoms with van der Waals surface area (Å²) in [6.07, 6.45) is 21.9. The normalized spacial score (nSPS) is 14.3. The molecule has 1 atom stereocenters. The summed E-state index contributed by atoms with van der Waals surface area (Å²) < 4.78 is 15.7. The van der Waals surface area contributed by atoms with Crippen molar-refractivity contribution in [2.75, 3.05) is 33.8 Å². The number of likely N-dealkylation sites (N-methyl/N-ethyl adjacent to an activating group) is 1. The largest absolute Gasteiger partial charge is 0.756 e. The first-order valence-electron chi connectivity index (χ1n) is 11.8. The van der Waals surface area contributed by atoms with Crippen LogP contribution in [-0.2, 0) is 9.09 Å². The molecule has 28 heavy (non-hydrogen) atoms. The number of quaternary nitrogens is 1. The van der Waals surface area contributed by atoms with E-state index >= 15 is 0 Å². The number of nitrogens with zero attached hydrogens (tertiary/aromatic N) is 1. The van der Waals surface area contributed by atoms with Crippen molar-refractivity contribution in [1.29, 1.82) is 0 Å². The fourth-order valence-electron chi connectivity index (χ4n) is 3.60. The van der Waals surface area contributed by atoms with Gasteiger partial charge in [0.15, 0.2) is 0 Å². The summed E-state index contributed by atoms with van der Waals surface area (Å²) in [5.74, 6) is 0. The zero-order chi connectivity index (χ0) is 21.1. The smallest absolute Gasteiger partial charge is 0.265 e. The quantitative estimate of drug-likeness (QED) is 0.144. The first-order chi connectivity index (χ1) is 13.3. The van der Waals surface area contributed by atoms with Crippen LogP contribution >= 0.6 is 7.82 Å². The maximum atomic E-state index is 10.6. The Morgan fingerprint density at radius 3 is 1.43 bits per heavy atom. The Morgan fingerprint density at radius 1 is 0.714 bits per heavy atom. The molecule has 0 saturated carbocycles. The van der Waals surface area contributed by atoms with E-state index in [1.54, 1.807) is 0 Å². The van der Waals surface area contributed by atoms with Crippen LogP contribution in [0.1, 0.15) is 110 Å². The molecule has 170 valence electrons. The van der Waals surface area contributed by atoms with Gasteiger partial charge < -0.3 is 18.8 Å². The maximum Gasteiger partial charge on any atom is 0.265 e. The zero-order valence-electron chi connectivity index (χ0n) is 19.0. The van der Waals surface area contributed by atoms with Gasteiger partial charge >= 0.3 is 0 Å². The molecule has 5 nitrogen and oxygen atoms in total. The van der Waals surface area contributed by atoms with Gasteiger partial charge in [0.25, 0.3) is 7.82 Å². The molecule has 1 unspecified atom stereocenters. The topological polar surface area (TPSA) is 69.6 Å². The van der Waals surface area contributed by atoms with Gasteiger partial charge in [0.1, 0.15) is 13.2 Å². The SMILES string of the molecule is CCCCCCCCCCCCCCCCCC[N+](C)(C)CCOP(=O)([O-])O. The Kier molecular flexibility index (Phi) is 17.9. The van der Waals surface area contributed by atoms with E-state index in [-0.39, 0.29) is 6.61 Å². The van der Waals surface area contributed by atoms with Gasteiger partial charge in [-0.3, -0.25) is 4.57 Å². The van der Waals surface area contributed by atoms with Crippen molar-refractivity contribution in [2.45, 2.75) is 110 Å². The molecular weight excluding hydrogens is 373 g/mol. The fraction of sp³-hybridized carbons (Fsp3) is 1.00. The van der Waals surface area contributed by atoms with E-state index in [4.69, 9.17) is 4.89 Å². The molecule has 0 fully saturated rings. The first-order valence-corrected chi connectivity index (χ1v) is 13.3. The molecule has 0 aliphatic rings. The highest BCUT2D eigenvalue weighted by atomic mass is 31.2. The number of hydrogen-bond donors (Lipinski definition) is 1. The number of phosphoric acid groups is 1. The monoisotopic (exact) mass is 421 g/mol. The lowest BCUT2D eigenvalue weighted by molar-refractivity contribution is -0.890. The van der Waals surface area contributed by atoms with Crippen LogP contribution in [0.3, 0.4) is 0 Å². The van der Waals surface area contributed by atoms with E-state index in [9.17, 15) is 9.46 Å². The van der Waals surface area contributed by atoms with E-state index in [1.165, 1.54) is 96.3 Å². The van der Waals surface area contributed by atoms with Crippen molar-refractivity contribution in [2.24, 2.45) is 0 Å².